The third-order valence-corrected chi connectivity index (χ3v) is 12.3. The minimum Gasteiger partial charge on any atom is -0.456 e. The first-order valence-electron chi connectivity index (χ1n) is 17.6. The van der Waals surface area contributed by atoms with E-state index < -0.39 is 5.41 Å². The van der Waals surface area contributed by atoms with Gasteiger partial charge in [-0.2, -0.15) is 0 Å². The average molecular weight is 686 g/mol. The van der Waals surface area contributed by atoms with Crippen molar-refractivity contribution in [1.82, 2.24) is 15.0 Å². The van der Waals surface area contributed by atoms with Crippen molar-refractivity contribution in [2.75, 3.05) is 0 Å². The van der Waals surface area contributed by atoms with E-state index in [2.05, 4.69) is 115 Å². The Morgan fingerprint density at radius 2 is 1.35 bits per heavy atom. The van der Waals surface area contributed by atoms with Crippen LogP contribution in [0.15, 0.2) is 154 Å². The van der Waals surface area contributed by atoms with Crippen molar-refractivity contribution in [3.63, 3.8) is 0 Å². The van der Waals surface area contributed by atoms with Crippen LogP contribution in [0.5, 0.6) is 0 Å². The number of hydrogen-bond acceptors (Lipinski definition) is 6. The molecular formula is C46H27N3O2S. The van der Waals surface area contributed by atoms with Crippen molar-refractivity contribution in [2.45, 2.75) is 11.8 Å². The second-order valence-electron chi connectivity index (χ2n) is 13.8. The van der Waals surface area contributed by atoms with Crippen LogP contribution >= 0.6 is 11.3 Å². The number of hydrogen-bond donors (Lipinski definition) is 0. The Balaban J connectivity index is 1.24. The zero-order valence-corrected chi connectivity index (χ0v) is 28.5. The molecule has 2 bridgehead atoms. The zero-order valence-electron chi connectivity index (χ0n) is 27.7. The van der Waals surface area contributed by atoms with Crippen LogP contribution < -0.4 is 0 Å². The SMILES string of the molecule is C1=CCC(C2(c3ccc4sc5ccccc5c4c3)c3nc(-c4ccc5oc6ccccc6c5c4)nc(n3)-c3cccc4oc5cccc2c5c34)C=C1. The maximum absolute atomic E-state index is 6.65. The number of rotatable bonds is 3. The smallest absolute Gasteiger partial charge is 0.164 e. The van der Waals surface area contributed by atoms with Gasteiger partial charge in [-0.1, -0.05) is 91.0 Å². The minimum absolute atomic E-state index is 0.00376. The van der Waals surface area contributed by atoms with Crippen LogP contribution in [-0.4, -0.2) is 15.0 Å². The van der Waals surface area contributed by atoms with E-state index in [0.717, 1.165) is 78.4 Å². The maximum atomic E-state index is 6.65. The first-order chi connectivity index (χ1) is 25.7. The van der Waals surface area contributed by atoms with Crippen LogP contribution in [0.1, 0.15) is 23.4 Å². The molecule has 6 heteroatoms. The third-order valence-electron chi connectivity index (χ3n) is 11.2. The fraction of sp³-hybridized carbons (Fsp3) is 0.0652. The minimum atomic E-state index is -0.790. The van der Waals surface area contributed by atoms with Crippen molar-refractivity contribution in [3.8, 4) is 22.8 Å². The van der Waals surface area contributed by atoms with E-state index in [1.807, 2.05) is 41.7 Å². The van der Waals surface area contributed by atoms with Gasteiger partial charge < -0.3 is 8.83 Å². The molecule has 10 aromatic rings. The number of allylic oxidation sites excluding steroid dienone is 4. The molecule has 0 saturated carbocycles. The number of benzene rings is 6. The number of fused-ring (bicyclic) bond motifs is 9. The van der Waals surface area contributed by atoms with Crippen molar-refractivity contribution < 1.29 is 8.83 Å². The van der Waals surface area contributed by atoms with Gasteiger partial charge >= 0.3 is 0 Å². The summed E-state index contributed by atoms with van der Waals surface area (Å²) >= 11 is 1.83. The molecule has 1 aliphatic carbocycles. The summed E-state index contributed by atoms with van der Waals surface area (Å²) in [6.45, 7) is 0. The van der Waals surface area contributed by atoms with E-state index in [1.54, 1.807) is 0 Å². The molecule has 6 aromatic carbocycles. The molecule has 2 aliphatic rings. The molecule has 12 rings (SSSR count). The Hall–Kier alpha value is -6.37. The van der Waals surface area contributed by atoms with Gasteiger partial charge in [-0.15, -0.1) is 11.3 Å². The molecule has 0 N–H and O–H groups in total. The van der Waals surface area contributed by atoms with Crippen molar-refractivity contribution in [1.29, 1.82) is 0 Å². The molecule has 0 radical (unpaired) electrons. The normalized spacial score (nSPS) is 18.0. The van der Waals surface area contributed by atoms with Gasteiger partial charge in [0.1, 0.15) is 28.2 Å². The number of aromatic nitrogens is 3. The molecule has 244 valence electrons. The molecule has 0 fully saturated rings. The number of nitrogens with zero attached hydrogens (tertiary/aromatic N) is 3. The Morgan fingerprint density at radius 1 is 0.577 bits per heavy atom. The summed E-state index contributed by atoms with van der Waals surface area (Å²) in [7, 11) is 0. The van der Waals surface area contributed by atoms with Crippen molar-refractivity contribution in [3.05, 3.63) is 163 Å². The van der Waals surface area contributed by atoms with Crippen LogP contribution in [0.3, 0.4) is 0 Å². The molecule has 1 aliphatic heterocycles. The Bertz CT molecular complexity index is 3200. The quantitative estimate of drug-likeness (QED) is 0.185. The maximum Gasteiger partial charge on any atom is 0.164 e. The predicted molar refractivity (Wildman–Crippen MR) is 211 cm³/mol. The lowest BCUT2D eigenvalue weighted by molar-refractivity contribution is 0.427. The summed E-state index contributed by atoms with van der Waals surface area (Å²) in [6, 6.07) is 42.8. The molecular weight excluding hydrogens is 659 g/mol. The summed E-state index contributed by atoms with van der Waals surface area (Å²) in [4.78, 5) is 16.3. The topological polar surface area (TPSA) is 65.0 Å². The summed E-state index contributed by atoms with van der Waals surface area (Å²) in [5, 5.41) is 6.74. The second kappa shape index (κ2) is 10.3. The van der Waals surface area contributed by atoms with Gasteiger partial charge in [0.2, 0.25) is 0 Å². The largest absolute Gasteiger partial charge is 0.456 e. The van der Waals surface area contributed by atoms with E-state index in [0.29, 0.717) is 11.6 Å². The molecule has 2 unspecified atom stereocenters. The monoisotopic (exact) mass is 685 g/mol. The van der Waals surface area contributed by atoms with Gasteiger partial charge in [0.15, 0.2) is 11.6 Å². The first-order valence-corrected chi connectivity index (χ1v) is 18.4. The molecule has 52 heavy (non-hydrogen) atoms. The van der Waals surface area contributed by atoms with Gasteiger partial charge in [0.25, 0.3) is 0 Å². The van der Waals surface area contributed by atoms with E-state index in [4.69, 9.17) is 23.8 Å². The molecule has 4 aromatic heterocycles. The van der Waals surface area contributed by atoms with Crippen molar-refractivity contribution >= 4 is 75.4 Å². The lowest BCUT2D eigenvalue weighted by atomic mass is 9.62. The van der Waals surface area contributed by atoms with Crippen LogP contribution in [0.2, 0.25) is 0 Å². The van der Waals surface area contributed by atoms with Gasteiger partial charge in [-0.3, -0.25) is 0 Å². The summed E-state index contributed by atoms with van der Waals surface area (Å²) in [5.74, 6) is 2.00. The van der Waals surface area contributed by atoms with Gasteiger partial charge in [0.05, 0.1) is 5.41 Å². The van der Waals surface area contributed by atoms with Crippen LogP contribution in [0, 0.1) is 5.92 Å². The second-order valence-corrected chi connectivity index (χ2v) is 14.9. The van der Waals surface area contributed by atoms with Crippen LogP contribution in [0.25, 0.3) is 86.8 Å². The third kappa shape index (κ3) is 3.74. The molecule has 5 heterocycles. The fourth-order valence-corrected chi connectivity index (χ4v) is 9.99. The highest BCUT2D eigenvalue weighted by Gasteiger charge is 2.48. The highest BCUT2D eigenvalue weighted by molar-refractivity contribution is 7.25. The Morgan fingerprint density at radius 3 is 2.27 bits per heavy atom. The first kappa shape index (κ1) is 28.3. The molecule has 0 saturated heterocycles. The standard InChI is InChI=1S/C46H27N3O2S/c1-2-10-27(11-3-1)46(28-21-23-40-33(25-28)30-13-5-7-19-39(30)52-40)34-15-9-18-38-42(34)41-31(14-8-17-37(41)51-38)44-47-43(48-45(46)49-44)26-20-22-36-32(24-26)29-12-4-6-16-35(29)50-36/h1-10,12-25,27H,11H2. The lowest BCUT2D eigenvalue weighted by Gasteiger charge is -2.41. The molecule has 5 nitrogen and oxygen atoms in total. The summed E-state index contributed by atoms with van der Waals surface area (Å²) < 4.78 is 15.4. The van der Waals surface area contributed by atoms with Crippen LogP contribution in [0.4, 0.5) is 0 Å². The number of thiophene rings is 1. The van der Waals surface area contributed by atoms with Gasteiger partial charge in [-0.05, 0) is 72.1 Å². The number of furan rings is 2. The van der Waals surface area contributed by atoms with Gasteiger partial charge in [-0.25, -0.2) is 15.0 Å². The van der Waals surface area contributed by atoms with Crippen molar-refractivity contribution in [2.24, 2.45) is 5.92 Å². The van der Waals surface area contributed by atoms with E-state index in [1.165, 1.54) is 20.2 Å². The van der Waals surface area contributed by atoms with Crippen LogP contribution in [-0.2, 0) is 5.41 Å². The summed E-state index contributed by atoms with van der Waals surface area (Å²) in [6.07, 6.45) is 9.74. The Kier molecular flexibility index (Phi) is 5.64. The highest BCUT2D eigenvalue weighted by atomic mass is 32.1. The van der Waals surface area contributed by atoms with E-state index in [9.17, 15) is 0 Å². The predicted octanol–water partition coefficient (Wildman–Crippen LogP) is 12.2. The molecule has 0 amide bonds. The van der Waals surface area contributed by atoms with E-state index >= 15 is 0 Å². The molecule has 0 spiro atoms. The Labute approximate surface area is 301 Å². The number of para-hydroxylation sites is 1. The highest BCUT2D eigenvalue weighted by Crippen LogP contribution is 2.54. The summed E-state index contributed by atoms with van der Waals surface area (Å²) in [5.41, 5.74) is 6.72. The fourth-order valence-electron chi connectivity index (χ4n) is 8.91. The van der Waals surface area contributed by atoms with Gasteiger partial charge in [0, 0.05) is 58.8 Å². The average Bonchev–Trinajstić information content (AvgIpc) is 3.89. The zero-order chi connectivity index (χ0) is 34.0. The molecule has 2 atom stereocenters. The van der Waals surface area contributed by atoms with E-state index in [-0.39, 0.29) is 5.92 Å². The lowest BCUT2D eigenvalue weighted by Crippen LogP contribution is -2.40.